The Bertz CT molecular complexity index is 897. The first-order valence-corrected chi connectivity index (χ1v) is 6.77. The van der Waals surface area contributed by atoms with Crippen LogP contribution >= 0.6 is 0 Å². The molecule has 0 fully saturated rings. The second-order valence-corrected chi connectivity index (χ2v) is 4.90. The summed E-state index contributed by atoms with van der Waals surface area (Å²) in [6, 6.07) is 9.03. The molecule has 3 aromatic rings. The summed E-state index contributed by atoms with van der Waals surface area (Å²) < 4.78 is 16.4. The summed E-state index contributed by atoms with van der Waals surface area (Å²) in [5, 5.41) is 0. The fraction of sp³-hybridized carbons (Fsp3) is 0.125. The van der Waals surface area contributed by atoms with E-state index in [1.165, 1.54) is 6.26 Å². The first kappa shape index (κ1) is 12.7. The minimum absolute atomic E-state index is 0.232. The largest absolute Gasteiger partial charge is 0.493 e. The van der Waals surface area contributed by atoms with E-state index >= 15 is 0 Å². The number of methoxy groups -OCH3 is 1. The Balaban J connectivity index is 1.86. The molecule has 4 rings (SSSR count). The van der Waals surface area contributed by atoms with Crippen LogP contribution in [0.3, 0.4) is 0 Å². The number of aromatic amines is 1. The normalized spacial score (nSPS) is 12.2. The van der Waals surface area contributed by atoms with Crippen molar-refractivity contribution in [3.8, 4) is 29.0 Å². The number of benzene rings is 1. The molecule has 6 heteroatoms. The van der Waals surface area contributed by atoms with Crippen molar-refractivity contribution in [3.05, 3.63) is 58.1 Å². The van der Waals surface area contributed by atoms with Crippen molar-refractivity contribution in [3.63, 3.8) is 0 Å². The van der Waals surface area contributed by atoms with Gasteiger partial charge in [0.2, 0.25) is 5.88 Å². The lowest BCUT2D eigenvalue weighted by atomic mass is 10.0. The molecule has 6 nitrogen and oxygen atoms in total. The number of rotatable bonds is 2. The minimum Gasteiger partial charge on any atom is -0.493 e. The summed E-state index contributed by atoms with van der Waals surface area (Å²) in [7, 11) is 1.58. The maximum Gasteiger partial charge on any atom is 0.258 e. The van der Waals surface area contributed by atoms with Crippen LogP contribution < -0.4 is 15.0 Å². The molecule has 0 spiro atoms. The number of nitrogens with one attached hydrogen (secondary N) is 1. The van der Waals surface area contributed by atoms with Crippen LogP contribution in [0.25, 0.3) is 11.6 Å². The Kier molecular flexibility index (Phi) is 2.75. The first-order valence-electron chi connectivity index (χ1n) is 6.77. The van der Waals surface area contributed by atoms with Gasteiger partial charge >= 0.3 is 0 Å². The van der Waals surface area contributed by atoms with Crippen molar-refractivity contribution in [2.24, 2.45) is 0 Å². The summed E-state index contributed by atoms with van der Waals surface area (Å²) >= 11 is 0. The van der Waals surface area contributed by atoms with E-state index in [0.717, 1.165) is 5.56 Å². The predicted molar refractivity (Wildman–Crippen MR) is 78.4 cm³/mol. The number of H-pyrrole nitrogens is 1. The highest BCUT2D eigenvalue weighted by Gasteiger charge is 2.25. The zero-order valence-corrected chi connectivity index (χ0v) is 11.8. The summed E-state index contributed by atoms with van der Waals surface area (Å²) in [5.74, 6) is 2.32. The van der Waals surface area contributed by atoms with Gasteiger partial charge in [0, 0.05) is 12.0 Å². The fourth-order valence-electron chi connectivity index (χ4n) is 2.51. The fourth-order valence-corrected chi connectivity index (χ4v) is 2.51. The zero-order chi connectivity index (χ0) is 15.1. The van der Waals surface area contributed by atoms with E-state index in [-0.39, 0.29) is 11.4 Å². The van der Waals surface area contributed by atoms with Gasteiger partial charge in [0.05, 0.1) is 18.9 Å². The topological polar surface area (TPSA) is 77.3 Å². The van der Waals surface area contributed by atoms with Gasteiger partial charge in [0.25, 0.3) is 5.56 Å². The zero-order valence-electron chi connectivity index (χ0n) is 11.8. The molecule has 0 atom stereocenters. The van der Waals surface area contributed by atoms with Crippen LogP contribution in [0, 0.1) is 0 Å². The van der Waals surface area contributed by atoms with Gasteiger partial charge in [-0.15, -0.1) is 0 Å². The van der Waals surface area contributed by atoms with Crippen LogP contribution in [0.1, 0.15) is 11.1 Å². The Morgan fingerprint density at radius 1 is 1.27 bits per heavy atom. The number of nitrogens with zero attached hydrogens (tertiary/aromatic N) is 1. The molecule has 2 aromatic heterocycles. The Hall–Kier alpha value is -3.02. The molecule has 110 valence electrons. The van der Waals surface area contributed by atoms with E-state index in [9.17, 15) is 4.79 Å². The van der Waals surface area contributed by atoms with Gasteiger partial charge in [-0.25, -0.2) is 0 Å². The minimum atomic E-state index is -0.232. The second-order valence-electron chi connectivity index (χ2n) is 4.90. The average Bonchev–Trinajstić information content (AvgIpc) is 3.07. The van der Waals surface area contributed by atoms with Crippen LogP contribution in [-0.2, 0) is 6.42 Å². The van der Waals surface area contributed by atoms with E-state index < -0.39 is 0 Å². The van der Waals surface area contributed by atoms with Crippen molar-refractivity contribution in [2.45, 2.75) is 6.42 Å². The molecule has 1 aliphatic rings. The highest BCUT2D eigenvalue weighted by atomic mass is 16.5. The molecular formula is C16H12N2O4. The Labute approximate surface area is 125 Å². The highest BCUT2D eigenvalue weighted by molar-refractivity contribution is 5.56. The third-order valence-corrected chi connectivity index (χ3v) is 3.58. The first-order chi connectivity index (χ1) is 10.8. The molecule has 1 aromatic carbocycles. The second kappa shape index (κ2) is 4.77. The lowest BCUT2D eigenvalue weighted by Crippen LogP contribution is -2.20. The number of hydrogen-bond donors (Lipinski definition) is 1. The third kappa shape index (κ3) is 1.88. The number of ether oxygens (including phenoxy) is 2. The van der Waals surface area contributed by atoms with Crippen LogP contribution in [0.2, 0.25) is 0 Å². The summed E-state index contributed by atoms with van der Waals surface area (Å²) in [6.45, 7) is 0. The Morgan fingerprint density at radius 2 is 2.18 bits per heavy atom. The number of fused-ring (bicyclic) bond motifs is 2. The van der Waals surface area contributed by atoms with Crippen molar-refractivity contribution in [2.75, 3.05) is 7.11 Å². The summed E-state index contributed by atoms with van der Waals surface area (Å²) in [6.07, 6.45) is 1.97. The number of para-hydroxylation sites is 1. The van der Waals surface area contributed by atoms with Crippen molar-refractivity contribution >= 4 is 0 Å². The van der Waals surface area contributed by atoms with Crippen LogP contribution in [0.15, 0.2) is 45.8 Å². The van der Waals surface area contributed by atoms with Gasteiger partial charge in [-0.3, -0.25) is 4.79 Å². The quantitative estimate of drug-likeness (QED) is 0.615. The van der Waals surface area contributed by atoms with Crippen molar-refractivity contribution in [1.82, 2.24) is 9.97 Å². The van der Waals surface area contributed by atoms with E-state index in [2.05, 4.69) is 9.97 Å². The van der Waals surface area contributed by atoms with E-state index in [1.54, 1.807) is 19.2 Å². The smallest absolute Gasteiger partial charge is 0.258 e. The number of aromatic nitrogens is 2. The van der Waals surface area contributed by atoms with Crippen LogP contribution in [-0.4, -0.2) is 17.1 Å². The molecule has 0 amide bonds. The Morgan fingerprint density at radius 3 is 2.95 bits per heavy atom. The van der Waals surface area contributed by atoms with Gasteiger partial charge in [-0.05, 0) is 18.2 Å². The molecule has 22 heavy (non-hydrogen) atoms. The molecule has 0 bridgehead atoms. The monoisotopic (exact) mass is 296 g/mol. The number of furan rings is 1. The maximum atomic E-state index is 12.3. The van der Waals surface area contributed by atoms with Crippen LogP contribution in [0.5, 0.6) is 17.4 Å². The molecule has 0 unspecified atom stereocenters. The number of hydrogen-bond acceptors (Lipinski definition) is 5. The summed E-state index contributed by atoms with van der Waals surface area (Å²) in [4.78, 5) is 19.4. The summed E-state index contributed by atoms with van der Waals surface area (Å²) in [5.41, 5.74) is 1.16. The van der Waals surface area contributed by atoms with Gasteiger partial charge in [0.15, 0.2) is 23.1 Å². The van der Waals surface area contributed by atoms with E-state index in [4.69, 9.17) is 13.9 Å². The standard InChI is InChI=1S/C16H12N2O4/c1-20-11-5-2-4-9-8-10-15(19)17-14(12-6-3-7-21-12)18-16(10)22-13(9)11/h2-7H,8H2,1H3,(H,17,18,19). The average molecular weight is 296 g/mol. The molecule has 3 heterocycles. The lowest BCUT2D eigenvalue weighted by molar-refractivity contribution is 0.364. The van der Waals surface area contributed by atoms with Gasteiger partial charge in [-0.1, -0.05) is 12.1 Å². The molecule has 0 radical (unpaired) electrons. The van der Waals surface area contributed by atoms with Gasteiger partial charge in [0.1, 0.15) is 0 Å². The van der Waals surface area contributed by atoms with Crippen molar-refractivity contribution < 1.29 is 13.9 Å². The molecular weight excluding hydrogens is 284 g/mol. The van der Waals surface area contributed by atoms with Crippen LogP contribution in [0.4, 0.5) is 0 Å². The van der Waals surface area contributed by atoms with Crippen molar-refractivity contribution in [1.29, 1.82) is 0 Å². The predicted octanol–water partition coefficient (Wildman–Crippen LogP) is 2.74. The molecule has 1 aliphatic heterocycles. The molecule has 0 saturated carbocycles. The highest BCUT2D eigenvalue weighted by Crippen LogP contribution is 2.40. The maximum absolute atomic E-state index is 12.3. The van der Waals surface area contributed by atoms with E-state index in [0.29, 0.717) is 35.1 Å². The van der Waals surface area contributed by atoms with E-state index in [1.807, 2.05) is 18.2 Å². The SMILES string of the molecule is COc1cccc2c1Oc1nc(-c3ccco3)[nH]c(=O)c1C2. The third-order valence-electron chi connectivity index (χ3n) is 3.58. The van der Waals surface area contributed by atoms with Gasteiger partial charge < -0.3 is 18.9 Å². The molecule has 1 N–H and O–H groups in total. The molecule has 0 saturated heterocycles. The lowest BCUT2D eigenvalue weighted by Gasteiger charge is -2.20. The molecule has 0 aliphatic carbocycles. The van der Waals surface area contributed by atoms with Gasteiger partial charge in [-0.2, -0.15) is 4.98 Å².